The molecule has 0 radical (unpaired) electrons. The Kier molecular flexibility index (Phi) is 7.48. The molecule has 2 aromatic carbocycles. The summed E-state index contributed by atoms with van der Waals surface area (Å²) in [6.07, 6.45) is 1.69. The SMILES string of the molecule is Cc1cccc(-n2nc(-c3ccccc3)c3c2N(CC(=O)NCc2ccccn2)C(=O)CS[C@@H]3c2cccs2)c1. The molecule has 200 valence electrons. The Morgan fingerprint density at radius 1 is 1.02 bits per heavy atom. The normalized spacial score (nSPS) is 15.0. The first-order chi connectivity index (χ1) is 19.6. The van der Waals surface area contributed by atoms with Crippen molar-refractivity contribution in [3.63, 3.8) is 0 Å². The van der Waals surface area contributed by atoms with Crippen LogP contribution in [0.25, 0.3) is 16.9 Å². The Morgan fingerprint density at radius 3 is 2.62 bits per heavy atom. The number of rotatable bonds is 7. The molecule has 0 saturated carbocycles. The number of aromatic nitrogens is 3. The lowest BCUT2D eigenvalue weighted by atomic mass is 10.0. The Bertz CT molecular complexity index is 1640. The van der Waals surface area contributed by atoms with Crippen molar-refractivity contribution in [2.75, 3.05) is 17.2 Å². The number of hydrogen-bond donors (Lipinski definition) is 1. The highest BCUT2D eigenvalue weighted by atomic mass is 32.2. The molecule has 7 nitrogen and oxygen atoms in total. The van der Waals surface area contributed by atoms with E-state index >= 15 is 0 Å². The number of aryl methyl sites for hydroxylation is 1. The molecule has 0 fully saturated rings. The van der Waals surface area contributed by atoms with Crippen molar-refractivity contribution < 1.29 is 9.59 Å². The zero-order valence-electron chi connectivity index (χ0n) is 21.9. The van der Waals surface area contributed by atoms with E-state index in [1.807, 2.05) is 90.5 Å². The van der Waals surface area contributed by atoms with E-state index in [2.05, 4.69) is 21.7 Å². The molecular weight excluding hydrogens is 539 g/mol. The first-order valence-corrected chi connectivity index (χ1v) is 14.9. The van der Waals surface area contributed by atoms with Gasteiger partial charge >= 0.3 is 0 Å². The molecule has 0 saturated heterocycles. The van der Waals surface area contributed by atoms with Gasteiger partial charge in [-0.3, -0.25) is 19.5 Å². The number of nitrogens with zero attached hydrogens (tertiary/aromatic N) is 4. The molecule has 1 N–H and O–H groups in total. The van der Waals surface area contributed by atoms with Crippen LogP contribution in [0.3, 0.4) is 0 Å². The highest BCUT2D eigenvalue weighted by Gasteiger charge is 2.38. The fourth-order valence-corrected chi connectivity index (χ4v) is 7.00. The van der Waals surface area contributed by atoms with E-state index < -0.39 is 0 Å². The van der Waals surface area contributed by atoms with Crippen molar-refractivity contribution in [1.29, 1.82) is 0 Å². The van der Waals surface area contributed by atoms with E-state index in [9.17, 15) is 9.59 Å². The van der Waals surface area contributed by atoms with Crippen LogP contribution in [0.4, 0.5) is 5.82 Å². The van der Waals surface area contributed by atoms with Gasteiger partial charge in [0.05, 0.1) is 34.6 Å². The third-order valence-electron chi connectivity index (χ3n) is 6.68. The molecule has 40 heavy (non-hydrogen) atoms. The molecule has 1 aliphatic rings. The van der Waals surface area contributed by atoms with E-state index in [0.29, 0.717) is 5.82 Å². The zero-order chi connectivity index (χ0) is 27.5. The maximum absolute atomic E-state index is 13.8. The lowest BCUT2D eigenvalue weighted by Gasteiger charge is -2.23. The number of nitrogens with one attached hydrogen (secondary N) is 1. The average molecular weight is 566 g/mol. The molecule has 0 bridgehead atoms. The molecular formula is C31H27N5O2S2. The molecule has 6 rings (SSSR count). The van der Waals surface area contributed by atoms with Crippen LogP contribution < -0.4 is 10.2 Å². The minimum absolute atomic E-state index is 0.116. The van der Waals surface area contributed by atoms with Crippen molar-refractivity contribution in [1.82, 2.24) is 20.1 Å². The van der Waals surface area contributed by atoms with Gasteiger partial charge in [0.2, 0.25) is 11.8 Å². The van der Waals surface area contributed by atoms with Gasteiger partial charge in [-0.05, 0) is 48.2 Å². The van der Waals surface area contributed by atoms with Gasteiger partial charge in [-0.25, -0.2) is 4.68 Å². The van der Waals surface area contributed by atoms with Crippen molar-refractivity contribution in [3.8, 4) is 16.9 Å². The summed E-state index contributed by atoms with van der Waals surface area (Å²) in [6, 6.07) is 27.8. The van der Waals surface area contributed by atoms with E-state index in [1.54, 1.807) is 34.2 Å². The van der Waals surface area contributed by atoms with E-state index in [0.717, 1.165) is 38.6 Å². The fourth-order valence-electron chi connectivity index (χ4n) is 4.82. The van der Waals surface area contributed by atoms with Crippen LogP contribution >= 0.6 is 23.1 Å². The minimum Gasteiger partial charge on any atom is -0.349 e. The number of amides is 2. The van der Waals surface area contributed by atoms with Crippen LogP contribution in [-0.4, -0.2) is 38.9 Å². The zero-order valence-corrected chi connectivity index (χ0v) is 23.5. The molecule has 0 spiro atoms. The number of anilines is 1. The van der Waals surface area contributed by atoms with Crippen LogP contribution in [-0.2, 0) is 16.1 Å². The number of thioether (sulfide) groups is 1. The lowest BCUT2D eigenvalue weighted by Crippen LogP contribution is -2.42. The monoisotopic (exact) mass is 565 g/mol. The minimum atomic E-state index is -0.261. The standard InChI is InChI=1S/C31H27N5O2S2/c1-21-9-7-13-24(17-21)36-31-28(29(34-36)22-10-3-2-4-11-22)30(25-14-8-16-39-25)40-20-27(38)35(31)19-26(37)33-18-23-12-5-6-15-32-23/h2-17,30H,18-20H2,1H3,(H,33,37)/t30-/m1/s1. The van der Waals surface area contributed by atoms with Gasteiger partial charge in [0.15, 0.2) is 0 Å². The molecule has 3 aromatic heterocycles. The van der Waals surface area contributed by atoms with Gasteiger partial charge in [-0.1, -0.05) is 54.6 Å². The second kappa shape index (κ2) is 11.5. The van der Waals surface area contributed by atoms with Crippen molar-refractivity contribution in [3.05, 3.63) is 118 Å². The summed E-state index contributed by atoms with van der Waals surface area (Å²) in [5, 5.41) is 10.0. The van der Waals surface area contributed by atoms with E-state index in [4.69, 9.17) is 5.10 Å². The predicted molar refractivity (Wildman–Crippen MR) is 161 cm³/mol. The summed E-state index contributed by atoms with van der Waals surface area (Å²) >= 11 is 3.24. The molecule has 5 aromatic rings. The van der Waals surface area contributed by atoms with Crippen LogP contribution in [0, 0.1) is 6.92 Å². The van der Waals surface area contributed by atoms with Crippen molar-refractivity contribution in [2.24, 2.45) is 0 Å². The maximum Gasteiger partial charge on any atom is 0.240 e. The van der Waals surface area contributed by atoms with Gasteiger partial charge in [0.25, 0.3) is 0 Å². The molecule has 0 aliphatic carbocycles. The summed E-state index contributed by atoms with van der Waals surface area (Å²) in [6.45, 7) is 2.19. The average Bonchev–Trinajstić information content (AvgIpc) is 3.63. The van der Waals surface area contributed by atoms with Crippen LogP contribution in [0.2, 0.25) is 0 Å². The Hall–Kier alpha value is -4.21. The summed E-state index contributed by atoms with van der Waals surface area (Å²) in [5.41, 5.74) is 5.36. The molecule has 1 aliphatic heterocycles. The fraction of sp³-hybridized carbons (Fsp3) is 0.161. The van der Waals surface area contributed by atoms with Crippen LogP contribution in [0.5, 0.6) is 0 Å². The molecule has 9 heteroatoms. The number of carbonyl (C=O) groups is 2. The van der Waals surface area contributed by atoms with E-state index in [-0.39, 0.29) is 35.9 Å². The van der Waals surface area contributed by atoms with Crippen LogP contribution in [0.15, 0.2) is 96.5 Å². The number of fused-ring (bicyclic) bond motifs is 1. The largest absolute Gasteiger partial charge is 0.349 e. The van der Waals surface area contributed by atoms with Gasteiger partial charge in [0, 0.05) is 22.2 Å². The number of benzene rings is 2. The first kappa shape index (κ1) is 26.0. The summed E-state index contributed by atoms with van der Waals surface area (Å²) in [5.74, 6) is 0.479. The van der Waals surface area contributed by atoms with Gasteiger partial charge in [-0.15, -0.1) is 23.1 Å². The quantitative estimate of drug-likeness (QED) is 0.270. The smallest absolute Gasteiger partial charge is 0.240 e. The Balaban J connectivity index is 1.50. The van der Waals surface area contributed by atoms with Gasteiger partial charge in [0.1, 0.15) is 12.4 Å². The summed E-state index contributed by atoms with van der Waals surface area (Å²) in [4.78, 5) is 34.1. The summed E-state index contributed by atoms with van der Waals surface area (Å²) in [7, 11) is 0. The number of thiophene rings is 1. The highest BCUT2D eigenvalue weighted by Crippen LogP contribution is 2.49. The van der Waals surface area contributed by atoms with E-state index in [1.165, 1.54) is 0 Å². The number of pyridine rings is 1. The van der Waals surface area contributed by atoms with Gasteiger partial charge in [-0.2, -0.15) is 5.10 Å². The molecule has 0 unspecified atom stereocenters. The Morgan fingerprint density at radius 2 is 1.88 bits per heavy atom. The Labute approximate surface area is 240 Å². The van der Waals surface area contributed by atoms with Crippen molar-refractivity contribution >= 4 is 40.7 Å². The molecule has 4 heterocycles. The third kappa shape index (κ3) is 5.30. The lowest BCUT2D eigenvalue weighted by molar-refractivity contribution is -0.123. The predicted octanol–water partition coefficient (Wildman–Crippen LogP) is 5.79. The topological polar surface area (TPSA) is 80.1 Å². The highest BCUT2D eigenvalue weighted by molar-refractivity contribution is 8.00. The second-order valence-corrected chi connectivity index (χ2v) is 11.6. The molecule has 2 amide bonds. The maximum atomic E-state index is 13.8. The third-order valence-corrected chi connectivity index (χ3v) is 9.00. The summed E-state index contributed by atoms with van der Waals surface area (Å²) < 4.78 is 1.83. The van der Waals surface area contributed by atoms with Crippen molar-refractivity contribution in [2.45, 2.75) is 18.7 Å². The first-order valence-electron chi connectivity index (χ1n) is 13.0. The van der Waals surface area contributed by atoms with Crippen LogP contribution in [0.1, 0.15) is 26.9 Å². The molecule has 1 atom stereocenters. The second-order valence-electron chi connectivity index (χ2n) is 9.49. The number of hydrogen-bond acceptors (Lipinski definition) is 6. The number of carbonyl (C=O) groups excluding carboxylic acids is 2. The van der Waals surface area contributed by atoms with Gasteiger partial charge < -0.3 is 5.32 Å².